The highest BCUT2D eigenvalue weighted by molar-refractivity contribution is 7.18. The summed E-state index contributed by atoms with van der Waals surface area (Å²) in [5.74, 6) is -0.208. The lowest BCUT2D eigenvalue weighted by Gasteiger charge is -2.15. The number of hydrogen-bond acceptors (Lipinski definition) is 5. The smallest absolute Gasteiger partial charge is 0.338 e. The molecule has 0 unspecified atom stereocenters. The van der Waals surface area contributed by atoms with Gasteiger partial charge in [0.15, 0.2) is 0 Å². The number of hydrogen-bond donors (Lipinski definition) is 0. The number of fused-ring (bicyclic) bond motifs is 1. The SMILES string of the molecule is O=C(OCCN1CCCC1=O)c1ccccc1Cc1nc2ccccc2s1. The summed E-state index contributed by atoms with van der Waals surface area (Å²) in [6.07, 6.45) is 2.08. The summed E-state index contributed by atoms with van der Waals surface area (Å²) in [6.45, 7) is 1.44. The van der Waals surface area contributed by atoms with Crippen molar-refractivity contribution in [2.24, 2.45) is 0 Å². The van der Waals surface area contributed by atoms with Crippen molar-refractivity contribution >= 4 is 33.4 Å². The van der Waals surface area contributed by atoms with E-state index < -0.39 is 0 Å². The van der Waals surface area contributed by atoms with E-state index in [1.807, 2.05) is 36.4 Å². The standard InChI is InChI=1S/C21H20N2O3S/c24-20-10-5-11-23(20)12-13-26-21(25)16-7-2-1-6-15(16)14-19-22-17-8-3-4-9-18(17)27-19/h1-4,6-9H,5,10-14H2. The van der Waals surface area contributed by atoms with Crippen molar-refractivity contribution in [1.82, 2.24) is 9.88 Å². The van der Waals surface area contributed by atoms with E-state index in [0.29, 0.717) is 24.9 Å². The molecule has 0 bridgehead atoms. The van der Waals surface area contributed by atoms with Crippen LogP contribution in [0.3, 0.4) is 0 Å². The van der Waals surface area contributed by atoms with Gasteiger partial charge in [-0.25, -0.2) is 9.78 Å². The highest BCUT2D eigenvalue weighted by Crippen LogP contribution is 2.25. The van der Waals surface area contributed by atoms with Gasteiger partial charge in [0.1, 0.15) is 6.61 Å². The maximum Gasteiger partial charge on any atom is 0.338 e. The van der Waals surface area contributed by atoms with Gasteiger partial charge < -0.3 is 9.64 Å². The Morgan fingerprint density at radius 2 is 1.96 bits per heavy atom. The van der Waals surface area contributed by atoms with Gasteiger partial charge in [-0.15, -0.1) is 11.3 Å². The lowest BCUT2D eigenvalue weighted by molar-refractivity contribution is -0.128. The summed E-state index contributed by atoms with van der Waals surface area (Å²) in [6, 6.07) is 15.5. The fourth-order valence-corrected chi connectivity index (χ4v) is 4.29. The molecule has 0 spiro atoms. The zero-order chi connectivity index (χ0) is 18.6. The molecule has 1 fully saturated rings. The van der Waals surface area contributed by atoms with Crippen LogP contribution in [0.4, 0.5) is 0 Å². The number of benzene rings is 2. The molecule has 6 heteroatoms. The van der Waals surface area contributed by atoms with Gasteiger partial charge in [0.05, 0.1) is 27.3 Å². The van der Waals surface area contributed by atoms with E-state index in [9.17, 15) is 9.59 Å². The second kappa shape index (κ2) is 7.88. The summed E-state index contributed by atoms with van der Waals surface area (Å²) in [5.41, 5.74) is 2.44. The highest BCUT2D eigenvalue weighted by Gasteiger charge is 2.20. The van der Waals surface area contributed by atoms with Crippen molar-refractivity contribution in [3.05, 3.63) is 64.7 Å². The maximum atomic E-state index is 12.5. The maximum absolute atomic E-state index is 12.5. The van der Waals surface area contributed by atoms with Crippen LogP contribution in [0.15, 0.2) is 48.5 Å². The fraction of sp³-hybridized carbons (Fsp3) is 0.286. The van der Waals surface area contributed by atoms with Crippen LogP contribution in [0.5, 0.6) is 0 Å². The predicted molar refractivity (Wildman–Crippen MR) is 105 cm³/mol. The molecule has 1 amide bonds. The van der Waals surface area contributed by atoms with Crippen LogP contribution < -0.4 is 0 Å². The van der Waals surface area contributed by atoms with Gasteiger partial charge in [0.25, 0.3) is 0 Å². The number of rotatable bonds is 6. The lowest BCUT2D eigenvalue weighted by Crippen LogP contribution is -2.29. The summed E-state index contributed by atoms with van der Waals surface area (Å²) in [4.78, 5) is 30.6. The number of thiazole rings is 1. The second-order valence-corrected chi connectivity index (χ2v) is 7.64. The Morgan fingerprint density at radius 1 is 1.15 bits per heavy atom. The first-order valence-corrected chi connectivity index (χ1v) is 9.89. The van der Waals surface area contributed by atoms with Crippen LogP contribution in [-0.4, -0.2) is 41.5 Å². The molecular weight excluding hydrogens is 360 g/mol. The van der Waals surface area contributed by atoms with Gasteiger partial charge in [-0.3, -0.25) is 4.79 Å². The molecule has 2 heterocycles. The molecule has 3 aromatic rings. The topological polar surface area (TPSA) is 59.5 Å². The minimum Gasteiger partial charge on any atom is -0.460 e. The molecule has 1 aliphatic rings. The molecule has 0 N–H and O–H groups in total. The molecule has 1 saturated heterocycles. The molecule has 0 saturated carbocycles. The van der Waals surface area contributed by atoms with Gasteiger partial charge >= 0.3 is 5.97 Å². The molecule has 5 nitrogen and oxygen atoms in total. The molecule has 4 rings (SSSR count). The molecule has 0 atom stereocenters. The third kappa shape index (κ3) is 4.01. The Morgan fingerprint density at radius 3 is 2.78 bits per heavy atom. The zero-order valence-corrected chi connectivity index (χ0v) is 15.7. The van der Waals surface area contributed by atoms with Gasteiger partial charge in [0, 0.05) is 19.4 Å². The van der Waals surface area contributed by atoms with Gasteiger partial charge in [0.2, 0.25) is 5.91 Å². The van der Waals surface area contributed by atoms with Crippen molar-refractivity contribution in [1.29, 1.82) is 0 Å². The number of nitrogens with zero attached hydrogens (tertiary/aromatic N) is 2. The largest absolute Gasteiger partial charge is 0.460 e. The number of carbonyl (C=O) groups is 2. The number of amides is 1. The Labute approximate surface area is 161 Å². The van der Waals surface area contributed by atoms with Crippen molar-refractivity contribution < 1.29 is 14.3 Å². The van der Waals surface area contributed by atoms with Gasteiger partial charge in [-0.1, -0.05) is 30.3 Å². The molecule has 0 radical (unpaired) electrons. The Bertz CT molecular complexity index is 949. The summed E-state index contributed by atoms with van der Waals surface area (Å²) < 4.78 is 6.57. The Balaban J connectivity index is 1.43. The zero-order valence-electron chi connectivity index (χ0n) is 14.9. The van der Waals surface area contributed by atoms with E-state index in [4.69, 9.17) is 4.74 Å². The third-order valence-corrected chi connectivity index (χ3v) is 5.72. The van der Waals surface area contributed by atoms with Crippen LogP contribution in [0, 0.1) is 0 Å². The first kappa shape index (κ1) is 17.7. The van der Waals surface area contributed by atoms with Crippen LogP contribution in [0.1, 0.15) is 33.8 Å². The average Bonchev–Trinajstić information content (AvgIpc) is 3.27. The highest BCUT2D eigenvalue weighted by atomic mass is 32.1. The van der Waals surface area contributed by atoms with Gasteiger partial charge in [-0.2, -0.15) is 0 Å². The summed E-state index contributed by atoms with van der Waals surface area (Å²) in [7, 11) is 0. The van der Waals surface area contributed by atoms with E-state index in [1.165, 1.54) is 0 Å². The fourth-order valence-electron chi connectivity index (χ4n) is 3.30. The number of likely N-dealkylation sites (tertiary alicyclic amines) is 1. The minimum atomic E-state index is -0.349. The number of ether oxygens (including phenoxy) is 1. The monoisotopic (exact) mass is 380 g/mol. The minimum absolute atomic E-state index is 0.141. The van der Waals surface area contributed by atoms with E-state index in [2.05, 4.69) is 11.1 Å². The summed E-state index contributed by atoms with van der Waals surface area (Å²) >= 11 is 1.64. The Kier molecular flexibility index (Phi) is 5.16. The van der Waals surface area contributed by atoms with E-state index in [1.54, 1.807) is 22.3 Å². The first-order chi connectivity index (χ1) is 13.2. The molecule has 1 aromatic heterocycles. The molecule has 0 aliphatic carbocycles. The van der Waals surface area contributed by atoms with Crippen molar-refractivity contribution in [2.75, 3.05) is 19.7 Å². The van der Waals surface area contributed by atoms with Crippen LogP contribution >= 0.6 is 11.3 Å². The van der Waals surface area contributed by atoms with Gasteiger partial charge in [-0.05, 0) is 30.2 Å². The lowest BCUT2D eigenvalue weighted by atomic mass is 10.1. The average molecular weight is 380 g/mol. The number of carbonyl (C=O) groups excluding carboxylic acids is 2. The number of aromatic nitrogens is 1. The third-order valence-electron chi connectivity index (χ3n) is 4.68. The normalized spacial score (nSPS) is 14.1. The van der Waals surface area contributed by atoms with Crippen LogP contribution in [0.2, 0.25) is 0 Å². The van der Waals surface area contributed by atoms with Crippen LogP contribution in [-0.2, 0) is 16.0 Å². The molecule has 2 aromatic carbocycles. The van der Waals surface area contributed by atoms with E-state index in [-0.39, 0.29) is 18.5 Å². The predicted octanol–water partition coefficient (Wildman–Crippen LogP) is 3.67. The van der Waals surface area contributed by atoms with E-state index >= 15 is 0 Å². The van der Waals surface area contributed by atoms with Crippen molar-refractivity contribution in [3.63, 3.8) is 0 Å². The first-order valence-electron chi connectivity index (χ1n) is 9.08. The number of esters is 1. The number of para-hydroxylation sites is 1. The molecule has 138 valence electrons. The van der Waals surface area contributed by atoms with Crippen LogP contribution in [0.25, 0.3) is 10.2 Å². The molecule has 1 aliphatic heterocycles. The second-order valence-electron chi connectivity index (χ2n) is 6.53. The van der Waals surface area contributed by atoms with E-state index in [0.717, 1.165) is 33.8 Å². The quantitative estimate of drug-likeness (QED) is 0.612. The van der Waals surface area contributed by atoms with Crippen molar-refractivity contribution in [3.8, 4) is 0 Å². The molecule has 27 heavy (non-hydrogen) atoms. The Hall–Kier alpha value is -2.73. The summed E-state index contributed by atoms with van der Waals surface area (Å²) in [5, 5.41) is 0.971. The molecular formula is C21H20N2O3S. The van der Waals surface area contributed by atoms with Crippen molar-refractivity contribution in [2.45, 2.75) is 19.3 Å².